The highest BCUT2D eigenvalue weighted by molar-refractivity contribution is 6.05. The topological polar surface area (TPSA) is 149 Å². The first-order chi connectivity index (χ1) is 26.3. The second-order valence-electron chi connectivity index (χ2n) is 15.0. The van der Waals surface area contributed by atoms with Gasteiger partial charge in [0.15, 0.2) is 0 Å². The van der Waals surface area contributed by atoms with Crippen LogP contribution in [0.15, 0.2) is 55.0 Å². The van der Waals surface area contributed by atoms with Crippen molar-refractivity contribution >= 4 is 46.0 Å². The van der Waals surface area contributed by atoms with Crippen molar-refractivity contribution in [3.8, 4) is 11.3 Å². The van der Waals surface area contributed by atoms with Crippen molar-refractivity contribution in [2.45, 2.75) is 70.0 Å². The first-order valence-electron chi connectivity index (χ1n) is 19.3. The molecule has 4 aromatic rings. The normalized spacial score (nSPS) is 19.8. The number of para-hydroxylation sites is 1. The molecule has 2 aromatic heterocycles. The second kappa shape index (κ2) is 15.5. The minimum Gasteiger partial charge on any atom is -0.385 e. The number of likely N-dealkylation sites (tertiary alicyclic amines) is 1. The number of benzene rings is 2. The van der Waals surface area contributed by atoms with Crippen LogP contribution in [0.25, 0.3) is 22.3 Å². The van der Waals surface area contributed by atoms with Gasteiger partial charge in [-0.1, -0.05) is 12.5 Å². The van der Waals surface area contributed by atoms with Gasteiger partial charge in [0, 0.05) is 88.2 Å². The van der Waals surface area contributed by atoms with Gasteiger partial charge in [0.25, 0.3) is 5.91 Å². The van der Waals surface area contributed by atoms with E-state index >= 15 is 0 Å². The van der Waals surface area contributed by atoms with E-state index in [1.165, 1.54) is 0 Å². The Hall–Kier alpha value is -5.37. The van der Waals surface area contributed by atoms with Crippen molar-refractivity contribution in [3.05, 3.63) is 66.1 Å². The Labute approximate surface area is 314 Å². The minimum absolute atomic E-state index is 0.169. The third kappa shape index (κ3) is 7.52. The van der Waals surface area contributed by atoms with Gasteiger partial charge in [0.05, 0.1) is 35.3 Å². The number of carbonyl (C=O) groups excluding carboxylic acids is 4. The van der Waals surface area contributed by atoms with Crippen LogP contribution >= 0.6 is 0 Å². The Kier molecular flexibility index (Phi) is 10.3. The molecule has 2 aromatic carbocycles. The van der Waals surface area contributed by atoms with Crippen molar-refractivity contribution in [3.63, 3.8) is 0 Å². The summed E-state index contributed by atoms with van der Waals surface area (Å²) in [6.07, 6.45) is 11.4. The lowest BCUT2D eigenvalue weighted by Crippen LogP contribution is -2.52. The van der Waals surface area contributed by atoms with Gasteiger partial charge in [-0.05, 0) is 75.0 Å². The minimum atomic E-state index is -0.614. The number of nitrogens with zero attached hydrogens (tertiary/aromatic N) is 8. The molecule has 2 N–H and O–H groups in total. The SMILES string of the molecule is CN1CCN(c2cccc3ncc(-c4cnn(C5CCN(C(=O)CCCCCNc6ccc7c(c6)CN(C6CCC(=O)NC6=O)C7=O)CC5)c4)nc23)CC1. The molecule has 4 aliphatic heterocycles. The molecule has 1 atom stereocenters. The summed E-state index contributed by atoms with van der Waals surface area (Å²) in [6.45, 7) is 6.57. The molecule has 4 amide bonds. The van der Waals surface area contributed by atoms with Crippen LogP contribution in [-0.4, -0.2) is 117 Å². The average Bonchev–Trinajstić information content (AvgIpc) is 3.81. The Morgan fingerprint density at radius 2 is 1.78 bits per heavy atom. The highest BCUT2D eigenvalue weighted by Crippen LogP contribution is 2.31. The molecule has 14 nitrogen and oxygen atoms in total. The number of fused-ring (bicyclic) bond motifs is 2. The fourth-order valence-electron chi connectivity index (χ4n) is 8.16. The van der Waals surface area contributed by atoms with Gasteiger partial charge in [-0.3, -0.25) is 34.2 Å². The molecular formula is C40H48N10O4. The first-order valence-corrected chi connectivity index (χ1v) is 19.3. The molecule has 0 saturated carbocycles. The van der Waals surface area contributed by atoms with E-state index in [1.807, 2.05) is 46.2 Å². The van der Waals surface area contributed by atoms with Gasteiger partial charge in [-0.2, -0.15) is 5.10 Å². The van der Waals surface area contributed by atoms with Crippen LogP contribution in [0.5, 0.6) is 0 Å². The van der Waals surface area contributed by atoms with E-state index in [0.717, 1.165) is 117 Å². The summed E-state index contributed by atoms with van der Waals surface area (Å²) in [4.78, 5) is 68.0. The third-order valence-electron chi connectivity index (χ3n) is 11.4. The standard InChI is InChI=1S/C40H48N10O4/c1-46-18-20-47(21-19-46)34-7-5-6-32-38(34)44-33(24-42-32)28-23-43-50(26-28)30-13-16-48(17-14-30)37(52)8-3-2-4-15-41-29-9-10-31-27(22-29)25-49(40(31)54)35-11-12-36(51)45-39(35)53/h5-7,9-10,22-24,26,30,35,41H,2-4,8,11-21,25H2,1H3,(H,45,51,53). The van der Waals surface area contributed by atoms with Gasteiger partial charge in [0.1, 0.15) is 11.6 Å². The molecule has 14 heteroatoms. The van der Waals surface area contributed by atoms with Crippen molar-refractivity contribution in [1.82, 2.24) is 39.8 Å². The lowest BCUT2D eigenvalue weighted by atomic mass is 10.0. The van der Waals surface area contributed by atoms with E-state index in [-0.39, 0.29) is 30.2 Å². The molecule has 8 rings (SSSR count). The van der Waals surface area contributed by atoms with Gasteiger partial charge in [-0.25, -0.2) is 4.98 Å². The fraction of sp³-hybridized carbons (Fsp3) is 0.475. The molecule has 0 radical (unpaired) electrons. The molecule has 4 aliphatic rings. The number of carbonyl (C=O) groups is 4. The molecular weight excluding hydrogens is 685 g/mol. The van der Waals surface area contributed by atoms with Crippen LogP contribution in [0.4, 0.5) is 11.4 Å². The largest absolute Gasteiger partial charge is 0.385 e. The fourth-order valence-corrected chi connectivity index (χ4v) is 8.16. The van der Waals surface area contributed by atoms with Crippen LogP contribution in [0.2, 0.25) is 0 Å². The number of amides is 4. The third-order valence-corrected chi connectivity index (χ3v) is 11.4. The summed E-state index contributed by atoms with van der Waals surface area (Å²) in [5, 5.41) is 10.5. The number of piperidine rings is 2. The molecule has 0 aliphatic carbocycles. The number of imide groups is 1. The summed E-state index contributed by atoms with van der Waals surface area (Å²) in [7, 11) is 2.16. The Morgan fingerprint density at radius 1 is 0.944 bits per heavy atom. The zero-order valence-corrected chi connectivity index (χ0v) is 30.9. The molecule has 3 saturated heterocycles. The van der Waals surface area contributed by atoms with Gasteiger partial charge < -0.3 is 24.9 Å². The number of hydrogen-bond acceptors (Lipinski definition) is 10. The van der Waals surface area contributed by atoms with Crippen molar-refractivity contribution in [2.24, 2.45) is 0 Å². The predicted molar refractivity (Wildman–Crippen MR) is 205 cm³/mol. The van der Waals surface area contributed by atoms with E-state index in [1.54, 1.807) is 4.90 Å². The number of likely N-dealkylation sites (N-methyl/N-ethyl adjacent to an activating group) is 1. The van der Waals surface area contributed by atoms with E-state index in [9.17, 15) is 19.2 Å². The van der Waals surface area contributed by atoms with Gasteiger partial charge >= 0.3 is 0 Å². The summed E-state index contributed by atoms with van der Waals surface area (Å²) >= 11 is 0. The Balaban J connectivity index is 0.763. The zero-order valence-electron chi connectivity index (χ0n) is 30.9. The summed E-state index contributed by atoms with van der Waals surface area (Å²) in [6, 6.07) is 11.5. The van der Waals surface area contributed by atoms with E-state index in [2.05, 4.69) is 45.8 Å². The van der Waals surface area contributed by atoms with Gasteiger partial charge in [0.2, 0.25) is 17.7 Å². The first kappa shape index (κ1) is 35.6. The quantitative estimate of drug-likeness (QED) is 0.172. The zero-order chi connectivity index (χ0) is 37.2. The number of unbranched alkanes of at least 4 members (excludes halogenated alkanes) is 2. The number of rotatable bonds is 11. The average molecular weight is 733 g/mol. The number of hydrogen-bond donors (Lipinski definition) is 2. The van der Waals surface area contributed by atoms with E-state index in [0.29, 0.717) is 24.9 Å². The molecule has 6 heterocycles. The molecule has 0 spiro atoms. The lowest BCUT2D eigenvalue weighted by Gasteiger charge is -2.34. The maximum absolute atomic E-state index is 13.1. The molecule has 1 unspecified atom stereocenters. The van der Waals surface area contributed by atoms with Crippen LogP contribution in [0.1, 0.15) is 73.3 Å². The van der Waals surface area contributed by atoms with Crippen molar-refractivity contribution < 1.29 is 19.2 Å². The highest BCUT2D eigenvalue weighted by atomic mass is 16.2. The van der Waals surface area contributed by atoms with E-state index in [4.69, 9.17) is 15.1 Å². The maximum atomic E-state index is 13.1. The number of piperazine rings is 1. The molecule has 54 heavy (non-hydrogen) atoms. The summed E-state index contributed by atoms with van der Waals surface area (Å²) < 4.78 is 2.04. The summed E-state index contributed by atoms with van der Waals surface area (Å²) in [5.41, 5.74) is 7.14. The number of nitrogens with one attached hydrogen (secondary N) is 2. The number of aromatic nitrogens is 4. The Morgan fingerprint density at radius 3 is 2.59 bits per heavy atom. The maximum Gasteiger partial charge on any atom is 0.255 e. The van der Waals surface area contributed by atoms with E-state index < -0.39 is 11.9 Å². The Bertz CT molecular complexity index is 2050. The smallest absolute Gasteiger partial charge is 0.255 e. The molecule has 282 valence electrons. The predicted octanol–water partition coefficient (Wildman–Crippen LogP) is 3.84. The summed E-state index contributed by atoms with van der Waals surface area (Å²) in [5.74, 6) is -0.644. The van der Waals surface area contributed by atoms with Crippen LogP contribution in [0, 0.1) is 0 Å². The van der Waals surface area contributed by atoms with Crippen LogP contribution in [-0.2, 0) is 20.9 Å². The molecule has 3 fully saturated rings. The monoisotopic (exact) mass is 732 g/mol. The highest BCUT2D eigenvalue weighted by Gasteiger charge is 2.39. The number of anilines is 2. The van der Waals surface area contributed by atoms with Crippen molar-refractivity contribution in [2.75, 3.05) is 63.1 Å². The van der Waals surface area contributed by atoms with Crippen LogP contribution in [0.3, 0.4) is 0 Å². The van der Waals surface area contributed by atoms with Crippen LogP contribution < -0.4 is 15.5 Å². The molecule has 0 bridgehead atoms. The van der Waals surface area contributed by atoms with Gasteiger partial charge in [-0.15, -0.1) is 0 Å². The van der Waals surface area contributed by atoms with Crippen molar-refractivity contribution in [1.29, 1.82) is 0 Å². The lowest BCUT2D eigenvalue weighted by molar-refractivity contribution is -0.137. The second-order valence-corrected chi connectivity index (χ2v) is 15.0.